The second-order valence-electron chi connectivity index (χ2n) is 6.68. The number of phenols is 1. The Hall–Kier alpha value is -3.44. The fraction of sp³-hybridized carbons (Fsp3) is 0.250. The summed E-state index contributed by atoms with van der Waals surface area (Å²) >= 11 is 0. The molecule has 0 aliphatic rings. The SMILES string of the molecule is CCN(CC)S(=O)(=O)c1ccc(O)c(NC(=O)Cn2c(=O)[nH]c(=O)c3ccccc32)c1. The molecule has 0 radical (unpaired) electrons. The number of nitrogens with one attached hydrogen (secondary N) is 2. The van der Waals surface area contributed by atoms with Gasteiger partial charge in [0.1, 0.15) is 12.3 Å². The number of aromatic nitrogens is 2. The van der Waals surface area contributed by atoms with Crippen LogP contribution in [-0.4, -0.2) is 46.4 Å². The number of fused-ring (bicyclic) bond motifs is 1. The third-order valence-electron chi connectivity index (χ3n) is 4.79. The van der Waals surface area contributed by atoms with E-state index in [0.29, 0.717) is 0 Å². The molecule has 1 amide bonds. The molecule has 0 bridgehead atoms. The Balaban J connectivity index is 1.93. The molecule has 0 saturated heterocycles. The number of anilines is 1. The number of hydrogen-bond donors (Lipinski definition) is 3. The molecule has 10 nitrogen and oxygen atoms in total. The molecule has 0 atom stereocenters. The van der Waals surface area contributed by atoms with E-state index in [2.05, 4.69) is 10.3 Å². The van der Waals surface area contributed by atoms with Crippen LogP contribution in [0.25, 0.3) is 10.9 Å². The first-order chi connectivity index (χ1) is 14.7. The molecular formula is C20H22N4O6S. The Morgan fingerprint density at radius 3 is 2.48 bits per heavy atom. The van der Waals surface area contributed by atoms with Crippen LogP contribution in [0.1, 0.15) is 13.8 Å². The predicted octanol–water partition coefficient (Wildman–Crippen LogP) is 1.06. The minimum absolute atomic E-state index is 0.0871. The second kappa shape index (κ2) is 8.74. The van der Waals surface area contributed by atoms with E-state index in [4.69, 9.17) is 0 Å². The average Bonchev–Trinajstić information content (AvgIpc) is 2.73. The Bertz CT molecular complexity index is 1360. The number of sulfonamides is 1. The third kappa shape index (κ3) is 4.37. The lowest BCUT2D eigenvalue weighted by molar-refractivity contribution is -0.116. The summed E-state index contributed by atoms with van der Waals surface area (Å²) in [5.74, 6) is -1.02. The molecule has 0 fully saturated rings. The van der Waals surface area contributed by atoms with Gasteiger partial charge in [-0.15, -0.1) is 0 Å². The molecule has 3 rings (SSSR count). The smallest absolute Gasteiger partial charge is 0.329 e. The topological polar surface area (TPSA) is 142 Å². The van der Waals surface area contributed by atoms with Crippen LogP contribution in [0, 0.1) is 0 Å². The van der Waals surface area contributed by atoms with E-state index in [1.54, 1.807) is 26.0 Å². The minimum atomic E-state index is -3.80. The average molecular weight is 446 g/mol. The minimum Gasteiger partial charge on any atom is -0.506 e. The fourth-order valence-electron chi connectivity index (χ4n) is 3.22. The lowest BCUT2D eigenvalue weighted by Crippen LogP contribution is -2.34. The van der Waals surface area contributed by atoms with Crippen LogP contribution < -0.4 is 16.6 Å². The number of H-pyrrole nitrogens is 1. The van der Waals surface area contributed by atoms with Crippen molar-refractivity contribution in [3.05, 3.63) is 63.3 Å². The number of amides is 1. The van der Waals surface area contributed by atoms with Gasteiger partial charge in [0.2, 0.25) is 15.9 Å². The van der Waals surface area contributed by atoms with Gasteiger partial charge in [0.05, 0.1) is 21.5 Å². The van der Waals surface area contributed by atoms with Gasteiger partial charge in [-0.25, -0.2) is 13.2 Å². The number of carbonyl (C=O) groups excluding carboxylic acids is 1. The van der Waals surface area contributed by atoms with Gasteiger partial charge in [-0.05, 0) is 30.3 Å². The largest absolute Gasteiger partial charge is 0.506 e. The predicted molar refractivity (Wildman–Crippen MR) is 116 cm³/mol. The van der Waals surface area contributed by atoms with E-state index < -0.39 is 33.7 Å². The highest BCUT2D eigenvalue weighted by Crippen LogP contribution is 2.28. The highest BCUT2D eigenvalue weighted by molar-refractivity contribution is 7.89. The Morgan fingerprint density at radius 2 is 1.81 bits per heavy atom. The van der Waals surface area contributed by atoms with Crippen LogP contribution in [-0.2, 0) is 21.4 Å². The summed E-state index contributed by atoms with van der Waals surface area (Å²) in [6, 6.07) is 9.90. The maximum absolute atomic E-state index is 12.7. The summed E-state index contributed by atoms with van der Waals surface area (Å²) in [5, 5.41) is 12.8. The number of rotatable bonds is 7. The molecule has 0 aliphatic heterocycles. The van der Waals surface area contributed by atoms with Crippen LogP contribution >= 0.6 is 0 Å². The van der Waals surface area contributed by atoms with Crippen LogP contribution in [0.3, 0.4) is 0 Å². The van der Waals surface area contributed by atoms with Crippen molar-refractivity contribution in [3.8, 4) is 5.75 Å². The summed E-state index contributed by atoms with van der Waals surface area (Å²) in [4.78, 5) is 38.8. The molecule has 31 heavy (non-hydrogen) atoms. The summed E-state index contributed by atoms with van der Waals surface area (Å²) in [6.07, 6.45) is 0. The van der Waals surface area contributed by atoms with Gasteiger partial charge in [-0.3, -0.25) is 19.1 Å². The van der Waals surface area contributed by atoms with E-state index in [-0.39, 0.29) is 40.3 Å². The molecule has 0 unspecified atom stereocenters. The van der Waals surface area contributed by atoms with Gasteiger partial charge in [0, 0.05) is 13.1 Å². The van der Waals surface area contributed by atoms with Gasteiger partial charge >= 0.3 is 5.69 Å². The number of phenolic OH excluding ortho intramolecular Hbond substituents is 1. The van der Waals surface area contributed by atoms with Crippen LogP contribution in [0.5, 0.6) is 5.75 Å². The van der Waals surface area contributed by atoms with Gasteiger partial charge < -0.3 is 10.4 Å². The molecule has 164 valence electrons. The number of hydrogen-bond acceptors (Lipinski definition) is 6. The van der Waals surface area contributed by atoms with E-state index >= 15 is 0 Å². The fourth-order valence-corrected chi connectivity index (χ4v) is 4.71. The maximum atomic E-state index is 12.7. The summed E-state index contributed by atoms with van der Waals surface area (Å²) in [6.45, 7) is 3.49. The standard InChI is InChI=1S/C20H22N4O6S/c1-3-23(4-2)31(29,30)13-9-10-17(25)15(11-13)21-18(26)12-24-16-8-6-5-7-14(16)19(27)22-20(24)28/h5-11,25H,3-4,12H2,1-2H3,(H,21,26)(H,22,27,28). The zero-order valence-electron chi connectivity index (χ0n) is 17.0. The Kier molecular flexibility index (Phi) is 6.27. The number of aromatic amines is 1. The molecular weight excluding hydrogens is 424 g/mol. The van der Waals surface area contributed by atoms with E-state index in [1.165, 1.54) is 28.6 Å². The van der Waals surface area contributed by atoms with Gasteiger partial charge in [-0.1, -0.05) is 26.0 Å². The van der Waals surface area contributed by atoms with Crippen molar-refractivity contribution in [2.45, 2.75) is 25.3 Å². The van der Waals surface area contributed by atoms with Crippen molar-refractivity contribution < 1.29 is 18.3 Å². The highest BCUT2D eigenvalue weighted by Gasteiger charge is 2.23. The number of benzene rings is 2. The Morgan fingerprint density at radius 1 is 1.13 bits per heavy atom. The second-order valence-corrected chi connectivity index (χ2v) is 8.62. The zero-order valence-corrected chi connectivity index (χ0v) is 17.8. The lowest BCUT2D eigenvalue weighted by atomic mass is 10.2. The molecule has 0 spiro atoms. The number of para-hydroxylation sites is 1. The molecule has 2 aromatic carbocycles. The third-order valence-corrected chi connectivity index (χ3v) is 6.84. The Labute approximate surface area is 177 Å². The van der Waals surface area contributed by atoms with Crippen LogP contribution in [0.2, 0.25) is 0 Å². The van der Waals surface area contributed by atoms with Crippen LogP contribution in [0.4, 0.5) is 5.69 Å². The van der Waals surface area contributed by atoms with Gasteiger partial charge in [0.25, 0.3) is 5.56 Å². The van der Waals surface area contributed by atoms with Gasteiger partial charge in [-0.2, -0.15) is 4.31 Å². The first-order valence-corrected chi connectivity index (χ1v) is 11.0. The van der Waals surface area contributed by atoms with Crippen molar-refractivity contribution in [1.29, 1.82) is 0 Å². The molecule has 1 heterocycles. The van der Waals surface area contributed by atoms with Crippen molar-refractivity contribution in [3.63, 3.8) is 0 Å². The monoisotopic (exact) mass is 446 g/mol. The molecule has 3 N–H and O–H groups in total. The summed E-state index contributed by atoms with van der Waals surface area (Å²) in [5.41, 5.74) is -1.17. The highest BCUT2D eigenvalue weighted by atomic mass is 32.2. The summed E-state index contributed by atoms with van der Waals surface area (Å²) < 4.78 is 27.8. The first-order valence-electron chi connectivity index (χ1n) is 9.54. The zero-order chi connectivity index (χ0) is 22.8. The molecule has 3 aromatic rings. The van der Waals surface area contributed by atoms with E-state index in [0.717, 1.165) is 10.6 Å². The number of carbonyl (C=O) groups is 1. The van der Waals surface area contributed by atoms with Crippen molar-refractivity contribution in [1.82, 2.24) is 13.9 Å². The van der Waals surface area contributed by atoms with Crippen molar-refractivity contribution >= 4 is 32.5 Å². The molecule has 0 aliphatic carbocycles. The molecule has 0 saturated carbocycles. The number of aromatic hydroxyl groups is 1. The van der Waals surface area contributed by atoms with E-state index in [1.807, 2.05) is 0 Å². The van der Waals surface area contributed by atoms with Crippen LogP contribution in [0.15, 0.2) is 56.9 Å². The van der Waals surface area contributed by atoms with Gasteiger partial charge in [0.15, 0.2) is 0 Å². The van der Waals surface area contributed by atoms with Crippen molar-refractivity contribution in [2.24, 2.45) is 0 Å². The lowest BCUT2D eigenvalue weighted by Gasteiger charge is -2.19. The maximum Gasteiger partial charge on any atom is 0.329 e. The summed E-state index contributed by atoms with van der Waals surface area (Å²) in [7, 11) is -3.80. The molecule has 11 heteroatoms. The number of nitrogens with zero attached hydrogens (tertiary/aromatic N) is 2. The quantitative estimate of drug-likeness (QED) is 0.464. The first kappa shape index (κ1) is 22.2. The van der Waals surface area contributed by atoms with E-state index in [9.17, 15) is 27.9 Å². The normalized spacial score (nSPS) is 11.7. The van der Waals surface area contributed by atoms with Crippen molar-refractivity contribution in [2.75, 3.05) is 18.4 Å². The molecule has 1 aromatic heterocycles.